The first-order valence-corrected chi connectivity index (χ1v) is 5.16. The Hall–Kier alpha value is -1.79. The molecule has 0 atom stereocenters. The Morgan fingerprint density at radius 2 is 2.06 bits per heavy atom. The van der Waals surface area contributed by atoms with Crippen molar-refractivity contribution in [1.29, 1.82) is 0 Å². The molecule has 0 aromatic heterocycles. The summed E-state index contributed by atoms with van der Waals surface area (Å²) in [5.41, 5.74) is 1.98. The van der Waals surface area contributed by atoms with Gasteiger partial charge in [-0.25, -0.2) is 0 Å². The number of carboxylic acid groups (broad SMARTS) is 1. The van der Waals surface area contributed by atoms with Gasteiger partial charge in [0.15, 0.2) is 0 Å². The van der Waals surface area contributed by atoms with Gasteiger partial charge in [0.2, 0.25) is 0 Å². The second kappa shape index (κ2) is 6.65. The van der Waals surface area contributed by atoms with Crippen LogP contribution in [-0.4, -0.2) is 24.7 Å². The topological polar surface area (TPSA) is 49.3 Å². The fourth-order valence-electron chi connectivity index (χ4n) is 1.24. The van der Waals surface area contributed by atoms with E-state index in [0.29, 0.717) is 13.0 Å². The summed E-state index contributed by atoms with van der Waals surface area (Å²) < 4.78 is 0. The molecular formula is C13H15NO2. The van der Waals surface area contributed by atoms with Crippen molar-refractivity contribution < 1.29 is 9.90 Å². The van der Waals surface area contributed by atoms with E-state index in [9.17, 15) is 4.79 Å². The van der Waals surface area contributed by atoms with Crippen molar-refractivity contribution in [3.05, 3.63) is 35.4 Å². The number of carbonyl (C=O) groups is 1. The number of hydrogen-bond acceptors (Lipinski definition) is 2. The van der Waals surface area contributed by atoms with Crippen molar-refractivity contribution in [2.24, 2.45) is 0 Å². The Labute approximate surface area is 95.5 Å². The van der Waals surface area contributed by atoms with E-state index in [0.717, 1.165) is 11.1 Å². The monoisotopic (exact) mass is 217 g/mol. The maximum atomic E-state index is 10.4. The molecule has 0 saturated carbocycles. The van der Waals surface area contributed by atoms with Gasteiger partial charge in [-0.15, -0.1) is 0 Å². The van der Waals surface area contributed by atoms with E-state index < -0.39 is 5.97 Å². The molecule has 3 heteroatoms. The third-order valence-corrected chi connectivity index (χ3v) is 2.08. The quantitative estimate of drug-likeness (QED) is 0.747. The van der Waals surface area contributed by atoms with Crippen molar-refractivity contribution in [1.82, 2.24) is 5.32 Å². The number of carboxylic acids is 1. The molecule has 0 heterocycles. The summed E-state index contributed by atoms with van der Waals surface area (Å²) in [6.45, 7) is 0.667. The summed E-state index contributed by atoms with van der Waals surface area (Å²) in [6.07, 6.45) is 0.740. The van der Waals surface area contributed by atoms with Gasteiger partial charge >= 0.3 is 5.97 Å². The summed E-state index contributed by atoms with van der Waals surface area (Å²) in [4.78, 5) is 10.4. The predicted molar refractivity (Wildman–Crippen MR) is 63.2 cm³/mol. The molecule has 84 valence electrons. The van der Waals surface area contributed by atoms with E-state index in [2.05, 4.69) is 17.2 Å². The smallest absolute Gasteiger partial charge is 0.303 e. The molecule has 1 aromatic rings. The van der Waals surface area contributed by atoms with Gasteiger partial charge in [-0.05, 0) is 31.2 Å². The lowest BCUT2D eigenvalue weighted by molar-refractivity contribution is -0.136. The number of benzene rings is 1. The Kier molecular flexibility index (Phi) is 5.10. The van der Waals surface area contributed by atoms with Crippen LogP contribution in [0.15, 0.2) is 24.3 Å². The molecule has 0 saturated heterocycles. The van der Waals surface area contributed by atoms with Crippen LogP contribution in [-0.2, 0) is 11.2 Å². The van der Waals surface area contributed by atoms with Crippen LogP contribution in [0.4, 0.5) is 0 Å². The number of hydrogen-bond donors (Lipinski definition) is 2. The minimum Gasteiger partial charge on any atom is -0.481 e. The minimum atomic E-state index is -0.766. The van der Waals surface area contributed by atoms with Crippen molar-refractivity contribution in [3.63, 3.8) is 0 Å². The van der Waals surface area contributed by atoms with E-state index in [-0.39, 0.29) is 6.42 Å². The fraction of sp³-hybridized carbons (Fsp3) is 0.308. The summed E-state index contributed by atoms with van der Waals surface area (Å²) in [5.74, 6) is 5.21. The first-order chi connectivity index (χ1) is 7.72. The standard InChI is InChI=1S/C13H15NO2/c1-14-10-2-3-11-4-6-12(7-5-11)8-9-13(15)16/h4-7,14H,8-10H2,1H3,(H,15,16). The Morgan fingerprint density at radius 3 is 2.62 bits per heavy atom. The molecule has 0 fully saturated rings. The zero-order chi connectivity index (χ0) is 11.8. The first kappa shape index (κ1) is 12.3. The van der Waals surface area contributed by atoms with Crippen LogP contribution in [0.2, 0.25) is 0 Å². The third kappa shape index (κ3) is 4.63. The maximum absolute atomic E-state index is 10.4. The number of aryl methyl sites for hydroxylation is 1. The Morgan fingerprint density at radius 1 is 1.38 bits per heavy atom. The molecule has 0 aliphatic rings. The second-order valence-electron chi connectivity index (χ2n) is 3.42. The van der Waals surface area contributed by atoms with E-state index in [1.165, 1.54) is 0 Å². The van der Waals surface area contributed by atoms with Gasteiger partial charge in [0.25, 0.3) is 0 Å². The second-order valence-corrected chi connectivity index (χ2v) is 3.42. The normalized spacial score (nSPS) is 9.31. The fourth-order valence-corrected chi connectivity index (χ4v) is 1.24. The van der Waals surface area contributed by atoms with Crippen molar-refractivity contribution in [2.75, 3.05) is 13.6 Å². The maximum Gasteiger partial charge on any atom is 0.303 e. The van der Waals surface area contributed by atoms with Gasteiger partial charge in [0, 0.05) is 12.0 Å². The van der Waals surface area contributed by atoms with Gasteiger partial charge in [-0.1, -0.05) is 24.0 Å². The van der Waals surface area contributed by atoms with Gasteiger partial charge < -0.3 is 10.4 Å². The molecule has 1 rings (SSSR count). The van der Waals surface area contributed by atoms with Gasteiger partial charge in [0.1, 0.15) is 0 Å². The highest BCUT2D eigenvalue weighted by Crippen LogP contribution is 2.05. The van der Waals surface area contributed by atoms with Crippen LogP contribution in [0.5, 0.6) is 0 Å². The number of rotatable bonds is 4. The van der Waals surface area contributed by atoms with Crippen molar-refractivity contribution in [3.8, 4) is 11.8 Å². The summed E-state index contributed by atoms with van der Waals surface area (Å²) >= 11 is 0. The lowest BCUT2D eigenvalue weighted by Crippen LogP contribution is -2.04. The average molecular weight is 217 g/mol. The molecule has 0 unspecified atom stereocenters. The molecule has 16 heavy (non-hydrogen) atoms. The lowest BCUT2D eigenvalue weighted by atomic mass is 10.1. The van der Waals surface area contributed by atoms with E-state index >= 15 is 0 Å². The van der Waals surface area contributed by atoms with E-state index in [1.807, 2.05) is 31.3 Å². The van der Waals surface area contributed by atoms with Crippen molar-refractivity contribution in [2.45, 2.75) is 12.8 Å². The molecule has 0 aliphatic carbocycles. The largest absolute Gasteiger partial charge is 0.481 e. The first-order valence-electron chi connectivity index (χ1n) is 5.16. The zero-order valence-electron chi connectivity index (χ0n) is 9.29. The highest BCUT2D eigenvalue weighted by molar-refractivity contribution is 5.67. The average Bonchev–Trinajstić information content (AvgIpc) is 2.28. The lowest BCUT2D eigenvalue weighted by Gasteiger charge is -1.98. The zero-order valence-corrected chi connectivity index (χ0v) is 9.29. The Bertz CT molecular complexity index is 398. The summed E-state index contributed by atoms with van der Waals surface area (Å²) in [6, 6.07) is 7.68. The third-order valence-electron chi connectivity index (χ3n) is 2.08. The van der Waals surface area contributed by atoms with E-state index in [4.69, 9.17) is 5.11 Å². The van der Waals surface area contributed by atoms with Crippen LogP contribution >= 0.6 is 0 Å². The molecular weight excluding hydrogens is 202 g/mol. The van der Waals surface area contributed by atoms with Crippen LogP contribution < -0.4 is 5.32 Å². The number of aliphatic carboxylic acids is 1. The molecule has 0 aliphatic heterocycles. The van der Waals surface area contributed by atoms with Crippen LogP contribution in [0.3, 0.4) is 0 Å². The van der Waals surface area contributed by atoms with Crippen LogP contribution in [0.1, 0.15) is 17.5 Å². The molecule has 0 radical (unpaired) electrons. The highest BCUT2D eigenvalue weighted by atomic mass is 16.4. The number of nitrogens with one attached hydrogen (secondary N) is 1. The molecule has 3 nitrogen and oxygen atoms in total. The van der Waals surface area contributed by atoms with Crippen molar-refractivity contribution >= 4 is 5.97 Å². The highest BCUT2D eigenvalue weighted by Gasteiger charge is 1.98. The Balaban J connectivity index is 2.55. The molecule has 0 bridgehead atoms. The van der Waals surface area contributed by atoms with Crippen LogP contribution in [0.25, 0.3) is 0 Å². The summed E-state index contributed by atoms with van der Waals surface area (Å²) in [5, 5.41) is 11.5. The van der Waals surface area contributed by atoms with E-state index in [1.54, 1.807) is 0 Å². The van der Waals surface area contributed by atoms with Gasteiger partial charge in [-0.2, -0.15) is 0 Å². The predicted octanol–water partition coefficient (Wildman–Crippen LogP) is 1.27. The molecule has 2 N–H and O–H groups in total. The van der Waals surface area contributed by atoms with Gasteiger partial charge in [-0.3, -0.25) is 4.79 Å². The molecule has 0 spiro atoms. The molecule has 1 aromatic carbocycles. The SMILES string of the molecule is CNCC#Cc1ccc(CCC(=O)O)cc1. The molecule has 0 amide bonds. The minimum absolute atomic E-state index is 0.171. The summed E-state index contributed by atoms with van der Waals surface area (Å²) in [7, 11) is 1.85. The van der Waals surface area contributed by atoms with Crippen LogP contribution in [0, 0.1) is 11.8 Å². The van der Waals surface area contributed by atoms with Gasteiger partial charge in [0.05, 0.1) is 6.54 Å².